The minimum Gasteiger partial charge on any atom is -0.318 e. The normalized spacial score (nSPS) is 15.4. The minimum atomic E-state index is -0.0937. The highest BCUT2D eigenvalue weighted by molar-refractivity contribution is 6.32. The molecule has 2 heterocycles. The number of rotatable bonds is 3. The van der Waals surface area contributed by atoms with Crippen molar-refractivity contribution in [1.29, 1.82) is 0 Å². The van der Waals surface area contributed by atoms with Crippen LogP contribution in [0.3, 0.4) is 0 Å². The van der Waals surface area contributed by atoms with Gasteiger partial charge in [-0.15, -0.1) is 0 Å². The smallest absolute Gasteiger partial charge is 0.280 e. The first kappa shape index (κ1) is 18.0. The average molecular weight is 369 g/mol. The standard InChI is InChI=1S/C24H23N3O/c1-16-10-12-21(13-11-16)26-17(2)14-20(19(26)4)15-23-18(3)25-27(24(23)28)22-8-6-5-7-9-22/h5-15H,1-4H3/b23-15-. The highest BCUT2D eigenvalue weighted by atomic mass is 16.2. The topological polar surface area (TPSA) is 37.6 Å². The maximum atomic E-state index is 13.0. The predicted octanol–water partition coefficient (Wildman–Crippen LogP) is 5.21. The quantitative estimate of drug-likeness (QED) is 0.584. The molecule has 4 rings (SSSR count). The molecule has 0 saturated heterocycles. The summed E-state index contributed by atoms with van der Waals surface area (Å²) < 4.78 is 2.21. The first-order valence-corrected chi connectivity index (χ1v) is 9.38. The van der Waals surface area contributed by atoms with Crippen LogP contribution in [0.25, 0.3) is 11.8 Å². The van der Waals surface area contributed by atoms with E-state index >= 15 is 0 Å². The first-order chi connectivity index (χ1) is 13.5. The Balaban J connectivity index is 1.72. The predicted molar refractivity (Wildman–Crippen MR) is 115 cm³/mol. The second-order valence-electron chi connectivity index (χ2n) is 7.19. The van der Waals surface area contributed by atoms with E-state index in [-0.39, 0.29) is 5.91 Å². The second-order valence-corrected chi connectivity index (χ2v) is 7.19. The first-order valence-electron chi connectivity index (χ1n) is 9.38. The SMILES string of the molecule is CC1=NN(c2ccccc2)C(=O)/C1=C\c1cc(C)n(-c2ccc(C)cc2)c1C. The van der Waals surface area contributed by atoms with Crippen molar-refractivity contribution in [2.24, 2.45) is 5.10 Å². The second kappa shape index (κ2) is 6.97. The molecule has 0 fully saturated rings. The fourth-order valence-electron chi connectivity index (χ4n) is 3.61. The van der Waals surface area contributed by atoms with Crippen LogP contribution in [0.2, 0.25) is 0 Å². The van der Waals surface area contributed by atoms with Gasteiger partial charge < -0.3 is 4.57 Å². The van der Waals surface area contributed by atoms with E-state index in [0.29, 0.717) is 5.57 Å². The van der Waals surface area contributed by atoms with Crippen molar-refractivity contribution >= 4 is 23.4 Å². The summed E-state index contributed by atoms with van der Waals surface area (Å²) in [4.78, 5) is 13.0. The van der Waals surface area contributed by atoms with Crippen molar-refractivity contribution in [3.8, 4) is 5.69 Å². The number of aryl methyl sites for hydroxylation is 2. The number of aromatic nitrogens is 1. The van der Waals surface area contributed by atoms with E-state index in [4.69, 9.17) is 0 Å². The maximum absolute atomic E-state index is 13.0. The molecule has 1 aromatic heterocycles. The summed E-state index contributed by atoms with van der Waals surface area (Å²) in [5, 5.41) is 5.94. The van der Waals surface area contributed by atoms with Gasteiger partial charge in [0.2, 0.25) is 0 Å². The molecule has 140 valence electrons. The van der Waals surface area contributed by atoms with Crippen LogP contribution < -0.4 is 5.01 Å². The molecule has 0 saturated carbocycles. The lowest BCUT2D eigenvalue weighted by Gasteiger charge is -2.11. The number of carbonyl (C=O) groups excluding carboxylic acids is 1. The molecule has 3 aromatic rings. The van der Waals surface area contributed by atoms with Crippen LogP contribution in [0, 0.1) is 20.8 Å². The molecular weight excluding hydrogens is 346 g/mol. The summed E-state index contributed by atoms with van der Waals surface area (Å²) in [5.74, 6) is -0.0937. The van der Waals surface area contributed by atoms with Gasteiger partial charge in [-0.3, -0.25) is 4.79 Å². The number of anilines is 1. The Morgan fingerprint density at radius 3 is 2.21 bits per heavy atom. The van der Waals surface area contributed by atoms with Gasteiger partial charge in [-0.25, -0.2) is 0 Å². The highest BCUT2D eigenvalue weighted by Crippen LogP contribution is 2.27. The lowest BCUT2D eigenvalue weighted by atomic mass is 10.1. The monoisotopic (exact) mass is 369 g/mol. The number of hydrogen-bond donors (Lipinski definition) is 0. The van der Waals surface area contributed by atoms with Crippen molar-refractivity contribution in [3.63, 3.8) is 0 Å². The van der Waals surface area contributed by atoms with Gasteiger partial charge in [0.1, 0.15) is 0 Å². The van der Waals surface area contributed by atoms with Crippen LogP contribution in [0.5, 0.6) is 0 Å². The summed E-state index contributed by atoms with van der Waals surface area (Å²) >= 11 is 0. The van der Waals surface area contributed by atoms with Gasteiger partial charge in [-0.1, -0.05) is 35.9 Å². The summed E-state index contributed by atoms with van der Waals surface area (Å²) in [6, 6.07) is 20.1. The van der Waals surface area contributed by atoms with E-state index in [9.17, 15) is 4.79 Å². The lowest BCUT2D eigenvalue weighted by Crippen LogP contribution is -2.21. The molecule has 4 nitrogen and oxygen atoms in total. The van der Waals surface area contributed by atoms with Crippen LogP contribution >= 0.6 is 0 Å². The Bertz CT molecular complexity index is 1100. The van der Waals surface area contributed by atoms with Gasteiger partial charge in [0.15, 0.2) is 0 Å². The molecule has 0 spiro atoms. The molecule has 0 atom stereocenters. The Kier molecular flexibility index (Phi) is 4.47. The third kappa shape index (κ3) is 3.07. The van der Waals surface area contributed by atoms with Gasteiger partial charge in [-0.2, -0.15) is 10.1 Å². The Labute approximate surface area is 165 Å². The molecule has 1 aliphatic rings. The fraction of sp³-hybridized carbons (Fsp3) is 0.167. The van der Waals surface area contributed by atoms with Crippen molar-refractivity contribution < 1.29 is 4.79 Å². The van der Waals surface area contributed by atoms with Crippen LogP contribution in [0.4, 0.5) is 5.69 Å². The molecule has 1 amide bonds. The van der Waals surface area contributed by atoms with E-state index in [2.05, 4.69) is 60.8 Å². The molecule has 1 aliphatic heterocycles. The number of amides is 1. The van der Waals surface area contributed by atoms with Crippen molar-refractivity contribution in [3.05, 3.63) is 88.8 Å². The number of hydrazone groups is 1. The van der Waals surface area contributed by atoms with E-state index in [1.165, 1.54) is 10.6 Å². The molecule has 0 unspecified atom stereocenters. The molecule has 0 bridgehead atoms. The number of para-hydroxylation sites is 1. The van der Waals surface area contributed by atoms with Gasteiger partial charge in [-0.05, 0) is 69.7 Å². The van der Waals surface area contributed by atoms with Crippen LogP contribution in [0.1, 0.15) is 29.4 Å². The number of benzene rings is 2. The van der Waals surface area contributed by atoms with Crippen LogP contribution in [-0.2, 0) is 4.79 Å². The number of carbonyl (C=O) groups is 1. The fourth-order valence-corrected chi connectivity index (χ4v) is 3.61. The van der Waals surface area contributed by atoms with Gasteiger partial charge >= 0.3 is 0 Å². The summed E-state index contributed by atoms with van der Waals surface area (Å²) in [6.07, 6.45) is 1.96. The maximum Gasteiger partial charge on any atom is 0.280 e. The number of hydrogen-bond acceptors (Lipinski definition) is 2. The third-order valence-electron chi connectivity index (χ3n) is 5.13. The van der Waals surface area contributed by atoms with Gasteiger partial charge in [0, 0.05) is 17.1 Å². The Morgan fingerprint density at radius 1 is 0.857 bits per heavy atom. The zero-order valence-corrected chi connectivity index (χ0v) is 16.6. The van der Waals surface area contributed by atoms with E-state index < -0.39 is 0 Å². The van der Waals surface area contributed by atoms with E-state index in [1.807, 2.05) is 43.3 Å². The van der Waals surface area contributed by atoms with E-state index in [1.54, 1.807) is 0 Å². The van der Waals surface area contributed by atoms with Crippen molar-refractivity contribution in [2.45, 2.75) is 27.7 Å². The summed E-state index contributed by atoms with van der Waals surface area (Å²) in [6.45, 7) is 8.13. The Hall–Kier alpha value is -3.40. The van der Waals surface area contributed by atoms with E-state index in [0.717, 1.165) is 34.0 Å². The highest BCUT2D eigenvalue weighted by Gasteiger charge is 2.29. The zero-order chi connectivity index (χ0) is 19.8. The zero-order valence-electron chi connectivity index (χ0n) is 16.6. The molecule has 28 heavy (non-hydrogen) atoms. The molecule has 4 heteroatoms. The summed E-state index contributed by atoms with van der Waals surface area (Å²) in [7, 11) is 0. The molecule has 0 N–H and O–H groups in total. The molecule has 0 aliphatic carbocycles. The van der Waals surface area contributed by atoms with Crippen molar-refractivity contribution in [2.75, 3.05) is 5.01 Å². The third-order valence-corrected chi connectivity index (χ3v) is 5.13. The largest absolute Gasteiger partial charge is 0.318 e. The Morgan fingerprint density at radius 2 is 1.54 bits per heavy atom. The average Bonchev–Trinajstić information content (AvgIpc) is 3.13. The van der Waals surface area contributed by atoms with Crippen molar-refractivity contribution in [1.82, 2.24) is 4.57 Å². The summed E-state index contributed by atoms with van der Waals surface area (Å²) in [5.41, 5.74) is 7.77. The molecule has 2 aromatic carbocycles. The van der Waals surface area contributed by atoms with Crippen LogP contribution in [-0.4, -0.2) is 16.2 Å². The lowest BCUT2D eigenvalue weighted by molar-refractivity contribution is -0.114. The van der Waals surface area contributed by atoms with Gasteiger partial charge in [0.25, 0.3) is 5.91 Å². The minimum absolute atomic E-state index is 0.0937. The van der Waals surface area contributed by atoms with Crippen LogP contribution in [0.15, 0.2) is 71.3 Å². The van der Waals surface area contributed by atoms with Gasteiger partial charge in [0.05, 0.1) is 17.0 Å². The number of nitrogens with zero attached hydrogens (tertiary/aromatic N) is 3. The molecular formula is C24H23N3O. The molecule has 0 radical (unpaired) electrons.